The van der Waals surface area contributed by atoms with E-state index in [0.29, 0.717) is 0 Å². The molecule has 6 rings (SSSR count). The van der Waals surface area contributed by atoms with Crippen molar-refractivity contribution < 1.29 is 24.1 Å². The zero-order chi connectivity index (χ0) is 16.5. The lowest BCUT2D eigenvalue weighted by Gasteiger charge is -2.48. The quantitative estimate of drug-likeness (QED) is 0.749. The van der Waals surface area contributed by atoms with Gasteiger partial charge in [0.1, 0.15) is 0 Å². The van der Waals surface area contributed by atoms with Crippen molar-refractivity contribution in [2.24, 2.45) is 11.8 Å². The summed E-state index contributed by atoms with van der Waals surface area (Å²) in [4.78, 5) is 0. The van der Waals surface area contributed by atoms with Crippen LogP contribution in [0.15, 0.2) is 35.8 Å². The van der Waals surface area contributed by atoms with Gasteiger partial charge in [0.2, 0.25) is 13.6 Å². The van der Waals surface area contributed by atoms with Crippen LogP contribution in [0, 0.1) is 11.8 Å². The van der Waals surface area contributed by atoms with Crippen LogP contribution in [-0.4, -0.2) is 30.8 Å². The van der Waals surface area contributed by atoms with Gasteiger partial charge in [0.15, 0.2) is 23.0 Å². The summed E-state index contributed by atoms with van der Waals surface area (Å²) in [6.07, 6.45) is 4.62. The van der Waals surface area contributed by atoms with Gasteiger partial charge in [0.25, 0.3) is 0 Å². The van der Waals surface area contributed by atoms with E-state index in [1.807, 2.05) is 6.07 Å². The number of ether oxygens (including phenoxy) is 4. The Morgan fingerprint density at radius 1 is 1.00 bits per heavy atom. The maximum absolute atomic E-state index is 10.9. The van der Waals surface area contributed by atoms with Gasteiger partial charge in [0, 0.05) is 30.0 Å². The van der Waals surface area contributed by atoms with Crippen LogP contribution in [0.3, 0.4) is 0 Å². The van der Waals surface area contributed by atoms with Crippen LogP contribution in [0.2, 0.25) is 0 Å². The smallest absolute Gasteiger partial charge is 0.231 e. The second-order valence-corrected chi connectivity index (χ2v) is 7.31. The van der Waals surface area contributed by atoms with Gasteiger partial charge >= 0.3 is 0 Å². The van der Waals surface area contributed by atoms with Gasteiger partial charge in [-0.3, -0.25) is 0 Å². The van der Waals surface area contributed by atoms with Crippen LogP contribution in [0.5, 0.6) is 11.5 Å². The average Bonchev–Trinajstić information content (AvgIpc) is 3.28. The van der Waals surface area contributed by atoms with Crippen LogP contribution < -0.4 is 14.8 Å². The Hall–Kier alpha value is -2.18. The molecule has 130 valence electrons. The Morgan fingerprint density at radius 2 is 1.84 bits per heavy atom. The van der Waals surface area contributed by atoms with Crippen molar-refractivity contribution in [3.63, 3.8) is 0 Å². The number of benzene rings is 1. The van der Waals surface area contributed by atoms with Crippen molar-refractivity contribution in [1.29, 1.82) is 0 Å². The van der Waals surface area contributed by atoms with E-state index < -0.39 is 6.10 Å². The van der Waals surface area contributed by atoms with Gasteiger partial charge in [-0.15, -0.1) is 0 Å². The summed E-state index contributed by atoms with van der Waals surface area (Å²) in [5.41, 5.74) is 2.30. The molecule has 3 aliphatic heterocycles. The maximum Gasteiger partial charge on any atom is 0.231 e. The number of fused-ring (bicyclic) bond motifs is 8. The zero-order valence-electron chi connectivity index (χ0n) is 13.6. The van der Waals surface area contributed by atoms with Crippen molar-refractivity contribution in [3.8, 4) is 11.5 Å². The summed E-state index contributed by atoms with van der Waals surface area (Å²) in [7, 11) is 0. The molecule has 1 saturated carbocycles. The third kappa shape index (κ3) is 1.86. The second-order valence-electron chi connectivity index (χ2n) is 7.31. The highest BCUT2D eigenvalue weighted by atomic mass is 16.7. The Bertz CT molecular complexity index is 816. The number of allylic oxidation sites excluding steroid dienone is 1. The fraction of sp³-hybridized carbons (Fsp3) is 0.474. The summed E-state index contributed by atoms with van der Waals surface area (Å²) in [6, 6.07) is 4.22. The molecule has 0 bridgehead atoms. The fourth-order valence-electron chi connectivity index (χ4n) is 5.09. The van der Waals surface area contributed by atoms with Gasteiger partial charge in [0.05, 0.1) is 6.10 Å². The number of hydrogen-bond acceptors (Lipinski definition) is 6. The Morgan fingerprint density at radius 3 is 2.76 bits per heavy atom. The lowest BCUT2D eigenvalue weighted by molar-refractivity contribution is 0.0404. The molecule has 5 unspecified atom stereocenters. The first-order valence-corrected chi connectivity index (χ1v) is 8.82. The molecule has 5 atom stereocenters. The van der Waals surface area contributed by atoms with E-state index in [4.69, 9.17) is 18.9 Å². The van der Waals surface area contributed by atoms with Gasteiger partial charge in [-0.2, -0.15) is 0 Å². The van der Waals surface area contributed by atoms with E-state index in [1.165, 1.54) is 5.56 Å². The largest absolute Gasteiger partial charge is 0.454 e. The molecule has 2 aliphatic carbocycles. The lowest BCUT2D eigenvalue weighted by Crippen LogP contribution is -2.54. The molecule has 2 fully saturated rings. The van der Waals surface area contributed by atoms with Gasteiger partial charge < -0.3 is 29.4 Å². The van der Waals surface area contributed by atoms with E-state index in [2.05, 4.69) is 23.5 Å². The van der Waals surface area contributed by atoms with E-state index in [-0.39, 0.29) is 37.4 Å². The second kappa shape index (κ2) is 4.93. The molecule has 0 amide bonds. The molecule has 2 N–H and O–H groups in total. The van der Waals surface area contributed by atoms with E-state index in [1.54, 1.807) is 0 Å². The molecule has 3 heterocycles. The van der Waals surface area contributed by atoms with E-state index in [9.17, 15) is 5.11 Å². The summed E-state index contributed by atoms with van der Waals surface area (Å²) >= 11 is 0. The Kier molecular flexibility index (Phi) is 2.77. The minimum atomic E-state index is -0.410. The molecule has 0 aromatic heterocycles. The summed E-state index contributed by atoms with van der Waals surface area (Å²) in [5, 5.41) is 14.6. The SMILES string of the molecule is OC1CC2C=C3OCOC3=CC2C2NCc3c(ccc4c3OCO4)C12. The van der Waals surface area contributed by atoms with Crippen molar-refractivity contribution in [2.45, 2.75) is 31.0 Å². The van der Waals surface area contributed by atoms with E-state index in [0.717, 1.165) is 41.5 Å². The first-order chi connectivity index (χ1) is 12.3. The highest BCUT2D eigenvalue weighted by molar-refractivity contribution is 5.55. The summed E-state index contributed by atoms with van der Waals surface area (Å²) < 4.78 is 22.3. The molecular formula is C19H19NO5. The Labute approximate surface area is 145 Å². The molecule has 6 heteroatoms. The zero-order valence-corrected chi connectivity index (χ0v) is 13.6. The topological polar surface area (TPSA) is 69.2 Å². The van der Waals surface area contributed by atoms with Gasteiger partial charge in [-0.1, -0.05) is 6.07 Å². The van der Waals surface area contributed by atoms with Crippen molar-refractivity contribution in [3.05, 3.63) is 46.9 Å². The molecular weight excluding hydrogens is 322 g/mol. The normalized spacial score (nSPS) is 36.8. The third-order valence-corrected chi connectivity index (χ3v) is 6.16. The third-order valence-electron chi connectivity index (χ3n) is 6.16. The number of nitrogens with one attached hydrogen (secondary N) is 1. The fourth-order valence-corrected chi connectivity index (χ4v) is 5.09. The van der Waals surface area contributed by atoms with Gasteiger partial charge in [-0.25, -0.2) is 0 Å². The maximum atomic E-state index is 10.9. The predicted octanol–water partition coefficient (Wildman–Crippen LogP) is 1.75. The standard InChI is InChI=1S/C19H19NO5/c21-13-3-9-4-15-16(24-7-23-15)5-11(9)18-17(13)10-1-2-14-19(25-8-22-14)12(10)6-20-18/h1-2,4-5,9,11,13,17-18,20-21H,3,6-8H2. The number of aliphatic hydroxyl groups is 1. The van der Waals surface area contributed by atoms with Crippen LogP contribution >= 0.6 is 0 Å². The number of rotatable bonds is 0. The number of hydrogen-bond donors (Lipinski definition) is 2. The van der Waals surface area contributed by atoms with Crippen molar-refractivity contribution >= 4 is 0 Å². The molecule has 0 spiro atoms. The van der Waals surface area contributed by atoms with Gasteiger partial charge in [-0.05, 0) is 36.1 Å². The minimum absolute atomic E-state index is 0.0358. The molecule has 25 heavy (non-hydrogen) atoms. The molecule has 0 radical (unpaired) electrons. The molecule has 5 aliphatic rings. The Balaban J connectivity index is 1.43. The average molecular weight is 341 g/mol. The van der Waals surface area contributed by atoms with Crippen LogP contribution in [0.1, 0.15) is 23.5 Å². The molecule has 1 saturated heterocycles. The highest BCUT2D eigenvalue weighted by Crippen LogP contribution is 2.50. The molecule has 6 nitrogen and oxygen atoms in total. The lowest BCUT2D eigenvalue weighted by atomic mass is 9.63. The highest BCUT2D eigenvalue weighted by Gasteiger charge is 2.48. The van der Waals surface area contributed by atoms with Crippen LogP contribution in [0.4, 0.5) is 0 Å². The van der Waals surface area contributed by atoms with E-state index >= 15 is 0 Å². The first kappa shape index (κ1) is 14.0. The van der Waals surface area contributed by atoms with Crippen molar-refractivity contribution in [2.75, 3.05) is 13.6 Å². The summed E-state index contributed by atoms with van der Waals surface area (Å²) in [5.74, 6) is 3.88. The first-order valence-electron chi connectivity index (χ1n) is 8.82. The predicted molar refractivity (Wildman–Crippen MR) is 86.7 cm³/mol. The molecule has 1 aromatic carbocycles. The van der Waals surface area contributed by atoms with Crippen molar-refractivity contribution in [1.82, 2.24) is 5.32 Å². The monoisotopic (exact) mass is 341 g/mol. The minimum Gasteiger partial charge on any atom is -0.454 e. The van der Waals surface area contributed by atoms with Crippen LogP contribution in [0.25, 0.3) is 0 Å². The van der Waals surface area contributed by atoms with Crippen LogP contribution in [-0.2, 0) is 16.0 Å². The molecule has 1 aromatic rings. The number of aliphatic hydroxyl groups excluding tert-OH is 1. The summed E-state index contributed by atoms with van der Waals surface area (Å²) in [6.45, 7) is 1.27.